The van der Waals surface area contributed by atoms with Crippen molar-refractivity contribution in [1.29, 1.82) is 0 Å². The lowest BCUT2D eigenvalue weighted by Gasteiger charge is -2.33. The Morgan fingerprint density at radius 3 is 2.46 bits per heavy atom. The van der Waals surface area contributed by atoms with Crippen LogP contribution in [0.3, 0.4) is 0 Å². The van der Waals surface area contributed by atoms with Gasteiger partial charge in [-0.05, 0) is 12.1 Å². The predicted molar refractivity (Wildman–Crippen MR) is 89.4 cm³/mol. The first-order valence-corrected chi connectivity index (χ1v) is 8.49. The number of aryl methyl sites for hydroxylation is 1. The van der Waals surface area contributed by atoms with Crippen molar-refractivity contribution in [1.82, 2.24) is 29.4 Å². The molecule has 0 radical (unpaired) electrons. The molecule has 24 heavy (non-hydrogen) atoms. The molecular formula is C17H22N6O. The van der Waals surface area contributed by atoms with Crippen molar-refractivity contribution in [2.24, 2.45) is 0 Å². The van der Waals surface area contributed by atoms with Crippen molar-refractivity contribution in [3.63, 3.8) is 0 Å². The summed E-state index contributed by atoms with van der Waals surface area (Å²) in [6.07, 6.45) is 4.95. The number of nitrogens with zero attached hydrogens (tertiary/aromatic N) is 6. The smallest absolute Gasteiger partial charge is 0.230 e. The Morgan fingerprint density at radius 1 is 1.00 bits per heavy atom. The van der Waals surface area contributed by atoms with E-state index in [9.17, 15) is 0 Å². The van der Waals surface area contributed by atoms with Crippen LogP contribution in [-0.2, 0) is 19.5 Å². The number of hydrogen-bond acceptors (Lipinski definition) is 6. The quantitative estimate of drug-likeness (QED) is 0.710. The lowest BCUT2D eigenvalue weighted by molar-refractivity contribution is 0.113. The molecule has 0 atom stereocenters. The van der Waals surface area contributed by atoms with Gasteiger partial charge < -0.3 is 8.82 Å². The molecule has 0 N–H and O–H groups in total. The molecule has 3 aromatic rings. The maximum Gasteiger partial charge on any atom is 0.230 e. The fraction of sp³-hybridized carbons (Fsp3) is 0.471. The highest BCUT2D eigenvalue weighted by molar-refractivity contribution is 5.39. The second-order valence-electron chi connectivity index (χ2n) is 6.19. The topological polar surface area (TPSA) is 62.7 Å². The monoisotopic (exact) mass is 326 g/mol. The first-order chi connectivity index (χ1) is 11.8. The molecule has 4 rings (SSSR count). The van der Waals surface area contributed by atoms with Crippen LogP contribution in [-0.4, -0.2) is 55.6 Å². The Hall–Kier alpha value is -2.25. The summed E-state index contributed by atoms with van der Waals surface area (Å²) in [6, 6.07) is 6.08. The Balaban J connectivity index is 1.31. The molecule has 7 heteroatoms. The zero-order valence-electron chi connectivity index (χ0n) is 13.9. The van der Waals surface area contributed by atoms with E-state index in [1.807, 2.05) is 31.3 Å². The summed E-state index contributed by atoms with van der Waals surface area (Å²) in [6.45, 7) is 7.75. The lowest BCUT2D eigenvalue weighted by atomic mass is 10.3. The Bertz CT molecular complexity index is 769. The molecule has 0 bridgehead atoms. The minimum absolute atomic E-state index is 0.718. The fourth-order valence-corrected chi connectivity index (χ4v) is 3.08. The van der Waals surface area contributed by atoms with Crippen molar-refractivity contribution in [2.75, 3.05) is 26.2 Å². The number of rotatable bonds is 5. The summed E-state index contributed by atoms with van der Waals surface area (Å²) in [5.41, 5.74) is 2.13. The van der Waals surface area contributed by atoms with Gasteiger partial charge in [-0.2, -0.15) is 0 Å². The summed E-state index contributed by atoms with van der Waals surface area (Å²) >= 11 is 0. The molecular weight excluding hydrogens is 304 g/mol. The van der Waals surface area contributed by atoms with Crippen LogP contribution in [0.4, 0.5) is 0 Å². The van der Waals surface area contributed by atoms with Crippen molar-refractivity contribution in [3.05, 3.63) is 48.1 Å². The summed E-state index contributed by atoms with van der Waals surface area (Å²) in [7, 11) is 0. The first kappa shape index (κ1) is 15.3. The van der Waals surface area contributed by atoms with Gasteiger partial charge in [-0.25, -0.2) is 4.98 Å². The molecule has 7 nitrogen and oxygen atoms in total. The summed E-state index contributed by atoms with van der Waals surface area (Å²) in [5, 5.41) is 8.13. The molecule has 0 spiro atoms. The van der Waals surface area contributed by atoms with Gasteiger partial charge in [-0.15, -0.1) is 10.2 Å². The average Bonchev–Trinajstić information content (AvgIpc) is 3.22. The molecule has 0 aromatic carbocycles. The van der Waals surface area contributed by atoms with Gasteiger partial charge in [0.1, 0.15) is 5.65 Å². The van der Waals surface area contributed by atoms with E-state index in [1.54, 1.807) is 0 Å². The Labute approximate surface area is 140 Å². The van der Waals surface area contributed by atoms with Gasteiger partial charge in [0.2, 0.25) is 11.8 Å². The van der Waals surface area contributed by atoms with Crippen LogP contribution in [0.15, 0.2) is 35.0 Å². The maximum absolute atomic E-state index is 5.60. The number of pyridine rings is 1. The standard InChI is InChI=1S/C17H22N6O/c1-2-16-19-20-17(24-16)13-22-9-7-21(8-10-22)11-14-12-23-6-4-3-5-15(23)18-14/h3-6,12H,2,7-11,13H2,1H3. The summed E-state index contributed by atoms with van der Waals surface area (Å²) in [5.74, 6) is 1.44. The van der Waals surface area contributed by atoms with Crippen LogP contribution in [0.25, 0.3) is 5.65 Å². The summed E-state index contributed by atoms with van der Waals surface area (Å²) < 4.78 is 7.68. The van der Waals surface area contributed by atoms with Gasteiger partial charge in [0.05, 0.1) is 12.2 Å². The number of imidazole rings is 1. The van der Waals surface area contributed by atoms with E-state index in [2.05, 4.69) is 35.6 Å². The Kier molecular flexibility index (Phi) is 4.27. The zero-order chi connectivity index (χ0) is 16.4. The van der Waals surface area contributed by atoms with Gasteiger partial charge in [-0.3, -0.25) is 9.80 Å². The van der Waals surface area contributed by atoms with Crippen LogP contribution in [0.2, 0.25) is 0 Å². The van der Waals surface area contributed by atoms with Crippen molar-refractivity contribution in [2.45, 2.75) is 26.4 Å². The van der Waals surface area contributed by atoms with Crippen LogP contribution in [0.1, 0.15) is 24.4 Å². The largest absolute Gasteiger partial charge is 0.424 e. The number of hydrogen-bond donors (Lipinski definition) is 0. The molecule has 3 aromatic heterocycles. The molecule has 0 amide bonds. The first-order valence-electron chi connectivity index (χ1n) is 8.49. The van der Waals surface area contributed by atoms with E-state index in [1.165, 1.54) is 0 Å². The third-order valence-electron chi connectivity index (χ3n) is 4.43. The molecule has 0 unspecified atom stereocenters. The highest BCUT2D eigenvalue weighted by Crippen LogP contribution is 2.12. The summed E-state index contributed by atoms with van der Waals surface area (Å²) in [4.78, 5) is 9.50. The van der Waals surface area contributed by atoms with Crippen molar-refractivity contribution >= 4 is 5.65 Å². The van der Waals surface area contributed by atoms with Crippen LogP contribution >= 0.6 is 0 Å². The highest BCUT2D eigenvalue weighted by Gasteiger charge is 2.19. The Morgan fingerprint density at radius 2 is 1.75 bits per heavy atom. The van der Waals surface area contributed by atoms with E-state index in [4.69, 9.17) is 4.42 Å². The maximum atomic E-state index is 5.60. The lowest BCUT2D eigenvalue weighted by Crippen LogP contribution is -2.45. The van der Waals surface area contributed by atoms with Crippen LogP contribution in [0, 0.1) is 0 Å². The molecule has 1 saturated heterocycles. The number of aromatic nitrogens is 4. The zero-order valence-corrected chi connectivity index (χ0v) is 13.9. The molecule has 0 saturated carbocycles. The van der Waals surface area contributed by atoms with Gasteiger partial charge in [-0.1, -0.05) is 13.0 Å². The second kappa shape index (κ2) is 6.70. The van der Waals surface area contributed by atoms with E-state index in [-0.39, 0.29) is 0 Å². The minimum Gasteiger partial charge on any atom is -0.424 e. The molecule has 1 fully saturated rings. The number of piperazine rings is 1. The average molecular weight is 326 g/mol. The second-order valence-corrected chi connectivity index (χ2v) is 6.19. The minimum atomic E-state index is 0.718. The van der Waals surface area contributed by atoms with E-state index in [0.29, 0.717) is 0 Å². The molecule has 4 heterocycles. The van der Waals surface area contributed by atoms with Gasteiger partial charge in [0, 0.05) is 51.5 Å². The van der Waals surface area contributed by atoms with Crippen LogP contribution < -0.4 is 0 Å². The third-order valence-corrected chi connectivity index (χ3v) is 4.43. The van der Waals surface area contributed by atoms with Crippen LogP contribution in [0.5, 0.6) is 0 Å². The van der Waals surface area contributed by atoms with E-state index >= 15 is 0 Å². The van der Waals surface area contributed by atoms with Crippen molar-refractivity contribution in [3.8, 4) is 0 Å². The fourth-order valence-electron chi connectivity index (χ4n) is 3.08. The predicted octanol–water partition coefficient (Wildman–Crippen LogP) is 1.60. The molecule has 126 valence electrons. The molecule has 1 aliphatic rings. The van der Waals surface area contributed by atoms with Gasteiger partial charge in [0.15, 0.2) is 0 Å². The molecule has 0 aliphatic carbocycles. The van der Waals surface area contributed by atoms with E-state index in [0.717, 1.165) is 68.8 Å². The van der Waals surface area contributed by atoms with Crippen molar-refractivity contribution < 1.29 is 4.42 Å². The van der Waals surface area contributed by atoms with Gasteiger partial charge >= 0.3 is 0 Å². The number of fused-ring (bicyclic) bond motifs is 1. The van der Waals surface area contributed by atoms with Gasteiger partial charge in [0.25, 0.3) is 0 Å². The SMILES string of the molecule is CCc1nnc(CN2CCN(Cc3cn4ccccc4n3)CC2)o1. The third kappa shape index (κ3) is 3.32. The highest BCUT2D eigenvalue weighted by atomic mass is 16.4. The molecule has 1 aliphatic heterocycles. The van der Waals surface area contributed by atoms with E-state index < -0.39 is 0 Å². The normalized spacial score (nSPS) is 16.9.